The average Bonchev–Trinajstić information content (AvgIpc) is 2.26. The number of aryl methyl sites for hydroxylation is 1. The van der Waals surface area contributed by atoms with Gasteiger partial charge in [0.05, 0.1) is 6.61 Å². The summed E-state index contributed by atoms with van der Waals surface area (Å²) in [5, 5.41) is 9.12. The molecule has 0 radical (unpaired) electrons. The third kappa shape index (κ3) is 6.02. The minimum atomic E-state index is -4.32. The van der Waals surface area contributed by atoms with Crippen LogP contribution in [0.3, 0.4) is 0 Å². The Kier molecular flexibility index (Phi) is 5.62. The highest BCUT2D eigenvalue weighted by Gasteiger charge is 2.27. The van der Waals surface area contributed by atoms with Crippen LogP contribution in [0.2, 0.25) is 0 Å². The van der Waals surface area contributed by atoms with E-state index in [1.807, 2.05) is 31.2 Å². The summed E-state index contributed by atoms with van der Waals surface area (Å²) in [6, 6.07) is 7.67. The molecule has 0 fully saturated rings. The van der Waals surface area contributed by atoms with Gasteiger partial charge >= 0.3 is 6.18 Å². The smallest absolute Gasteiger partial charge is 0.396 e. The Labute approximate surface area is 104 Å². The highest BCUT2D eigenvalue weighted by Crippen LogP contribution is 2.16. The molecular weight excluding hydrogens is 245 g/mol. The van der Waals surface area contributed by atoms with Crippen molar-refractivity contribution in [1.29, 1.82) is 0 Å². The van der Waals surface area contributed by atoms with Crippen LogP contribution in [0.5, 0.6) is 0 Å². The number of halogens is 3. The van der Waals surface area contributed by atoms with Crippen LogP contribution in [0.4, 0.5) is 13.2 Å². The summed E-state index contributed by atoms with van der Waals surface area (Å²) in [6.07, 6.45) is -3.81. The van der Waals surface area contributed by atoms with E-state index < -0.39 is 12.8 Å². The van der Waals surface area contributed by atoms with Crippen molar-refractivity contribution in [1.82, 2.24) is 0 Å². The van der Waals surface area contributed by atoms with Crippen LogP contribution in [0, 0.1) is 12.8 Å². The summed E-state index contributed by atoms with van der Waals surface area (Å²) in [4.78, 5) is 0. The molecule has 0 aliphatic rings. The normalized spacial score (nSPS) is 13.6. The SMILES string of the molecule is Cc1cccc(CC(CO)COCC(F)(F)F)c1. The monoisotopic (exact) mass is 262 g/mol. The van der Waals surface area contributed by atoms with Crippen LogP contribution in [0.1, 0.15) is 11.1 Å². The fourth-order valence-corrected chi connectivity index (χ4v) is 1.69. The van der Waals surface area contributed by atoms with Crippen molar-refractivity contribution in [2.24, 2.45) is 5.92 Å². The maximum Gasteiger partial charge on any atom is 0.411 e. The molecule has 1 N–H and O–H groups in total. The zero-order valence-electron chi connectivity index (χ0n) is 10.2. The molecule has 18 heavy (non-hydrogen) atoms. The van der Waals surface area contributed by atoms with Gasteiger partial charge in [0.1, 0.15) is 6.61 Å². The molecule has 2 nitrogen and oxygen atoms in total. The molecule has 102 valence electrons. The molecule has 0 saturated heterocycles. The van der Waals surface area contributed by atoms with Crippen LogP contribution >= 0.6 is 0 Å². The molecule has 0 spiro atoms. The Morgan fingerprint density at radius 3 is 2.61 bits per heavy atom. The van der Waals surface area contributed by atoms with Gasteiger partial charge in [0.25, 0.3) is 0 Å². The fourth-order valence-electron chi connectivity index (χ4n) is 1.69. The van der Waals surface area contributed by atoms with E-state index in [2.05, 4.69) is 4.74 Å². The van der Waals surface area contributed by atoms with E-state index in [4.69, 9.17) is 5.11 Å². The van der Waals surface area contributed by atoms with Gasteiger partial charge in [-0.3, -0.25) is 0 Å². The Bertz CT molecular complexity index is 363. The summed E-state index contributed by atoms with van der Waals surface area (Å²) in [5.74, 6) is -0.311. The number of rotatable bonds is 6. The van der Waals surface area contributed by atoms with Crippen molar-refractivity contribution >= 4 is 0 Å². The van der Waals surface area contributed by atoms with E-state index in [1.165, 1.54) is 0 Å². The number of aliphatic hydroxyl groups excluding tert-OH is 1. The third-order valence-corrected chi connectivity index (χ3v) is 2.48. The van der Waals surface area contributed by atoms with Gasteiger partial charge in [0.2, 0.25) is 0 Å². The second-order valence-electron chi connectivity index (χ2n) is 4.37. The van der Waals surface area contributed by atoms with E-state index in [0.717, 1.165) is 11.1 Å². The molecule has 1 aromatic rings. The minimum Gasteiger partial charge on any atom is -0.396 e. The lowest BCUT2D eigenvalue weighted by Crippen LogP contribution is -2.23. The van der Waals surface area contributed by atoms with Crippen molar-refractivity contribution < 1.29 is 23.0 Å². The van der Waals surface area contributed by atoms with E-state index in [1.54, 1.807) is 0 Å². The lowest BCUT2D eigenvalue weighted by atomic mass is 9.99. The molecule has 5 heteroatoms. The van der Waals surface area contributed by atoms with Crippen molar-refractivity contribution in [2.45, 2.75) is 19.5 Å². The van der Waals surface area contributed by atoms with Crippen LogP contribution in [0.15, 0.2) is 24.3 Å². The van der Waals surface area contributed by atoms with Gasteiger partial charge in [-0.1, -0.05) is 29.8 Å². The quantitative estimate of drug-likeness (QED) is 0.854. The largest absolute Gasteiger partial charge is 0.411 e. The van der Waals surface area contributed by atoms with Crippen LogP contribution < -0.4 is 0 Å². The number of ether oxygens (including phenoxy) is 1. The van der Waals surface area contributed by atoms with E-state index in [-0.39, 0.29) is 19.1 Å². The highest BCUT2D eigenvalue weighted by molar-refractivity contribution is 5.22. The molecule has 1 unspecified atom stereocenters. The molecule has 0 saturated carbocycles. The summed E-state index contributed by atoms with van der Waals surface area (Å²) in [6.45, 7) is 0.394. The van der Waals surface area contributed by atoms with Gasteiger partial charge in [0, 0.05) is 12.5 Å². The predicted molar refractivity (Wildman–Crippen MR) is 62.3 cm³/mol. The molecule has 0 bridgehead atoms. The summed E-state index contributed by atoms with van der Waals surface area (Å²) in [7, 11) is 0. The van der Waals surface area contributed by atoms with Crippen LogP contribution in [-0.4, -0.2) is 31.1 Å². The molecule has 1 aromatic carbocycles. The van der Waals surface area contributed by atoms with Gasteiger partial charge in [-0.15, -0.1) is 0 Å². The second kappa shape index (κ2) is 6.75. The van der Waals surface area contributed by atoms with E-state index in [0.29, 0.717) is 6.42 Å². The predicted octanol–water partition coefficient (Wildman–Crippen LogP) is 2.72. The van der Waals surface area contributed by atoms with Gasteiger partial charge in [0.15, 0.2) is 0 Å². The first-order valence-electron chi connectivity index (χ1n) is 5.71. The van der Waals surface area contributed by atoms with Gasteiger partial charge in [-0.05, 0) is 18.9 Å². The number of hydrogen-bond acceptors (Lipinski definition) is 2. The second-order valence-corrected chi connectivity index (χ2v) is 4.37. The maximum atomic E-state index is 11.9. The first kappa shape index (κ1) is 15.0. The number of aliphatic hydroxyl groups is 1. The standard InChI is InChI=1S/C13H17F3O2/c1-10-3-2-4-11(5-10)6-12(7-17)8-18-9-13(14,15)16/h2-5,12,17H,6-9H2,1H3. The third-order valence-electron chi connectivity index (χ3n) is 2.48. The molecule has 0 aliphatic carbocycles. The molecule has 0 aliphatic heterocycles. The number of benzene rings is 1. The molecular formula is C13H17F3O2. The number of hydrogen-bond donors (Lipinski definition) is 1. The summed E-state index contributed by atoms with van der Waals surface area (Å²) < 4.78 is 40.3. The fraction of sp³-hybridized carbons (Fsp3) is 0.538. The van der Waals surface area contributed by atoms with Crippen LogP contribution in [0.25, 0.3) is 0 Å². The first-order valence-corrected chi connectivity index (χ1v) is 5.71. The van der Waals surface area contributed by atoms with Crippen molar-refractivity contribution in [3.63, 3.8) is 0 Å². The Balaban J connectivity index is 2.42. The Morgan fingerprint density at radius 2 is 2.06 bits per heavy atom. The lowest BCUT2D eigenvalue weighted by molar-refractivity contribution is -0.177. The highest BCUT2D eigenvalue weighted by atomic mass is 19.4. The minimum absolute atomic E-state index is 0.0933. The molecule has 1 atom stereocenters. The van der Waals surface area contributed by atoms with E-state index >= 15 is 0 Å². The van der Waals surface area contributed by atoms with Crippen molar-refractivity contribution in [3.05, 3.63) is 35.4 Å². The van der Waals surface area contributed by atoms with Crippen molar-refractivity contribution in [2.75, 3.05) is 19.8 Å². The molecule has 0 amide bonds. The van der Waals surface area contributed by atoms with Gasteiger partial charge < -0.3 is 9.84 Å². The van der Waals surface area contributed by atoms with Crippen LogP contribution in [-0.2, 0) is 11.2 Å². The topological polar surface area (TPSA) is 29.5 Å². The molecule has 0 heterocycles. The van der Waals surface area contributed by atoms with Crippen molar-refractivity contribution in [3.8, 4) is 0 Å². The summed E-state index contributed by atoms with van der Waals surface area (Å²) in [5.41, 5.74) is 2.07. The molecule has 1 rings (SSSR count). The number of alkyl halides is 3. The Hall–Kier alpha value is -1.07. The Morgan fingerprint density at radius 1 is 1.33 bits per heavy atom. The summed E-state index contributed by atoms with van der Waals surface area (Å²) >= 11 is 0. The average molecular weight is 262 g/mol. The zero-order valence-corrected chi connectivity index (χ0v) is 10.2. The first-order chi connectivity index (χ1) is 8.40. The van der Waals surface area contributed by atoms with Gasteiger partial charge in [-0.2, -0.15) is 13.2 Å². The maximum absolute atomic E-state index is 11.9. The van der Waals surface area contributed by atoms with Gasteiger partial charge in [-0.25, -0.2) is 0 Å². The lowest BCUT2D eigenvalue weighted by Gasteiger charge is -2.15. The molecule has 0 aromatic heterocycles. The van der Waals surface area contributed by atoms with E-state index in [9.17, 15) is 13.2 Å². The zero-order chi connectivity index (χ0) is 13.6.